The van der Waals surface area contributed by atoms with Gasteiger partial charge < -0.3 is 14.2 Å². The first-order valence-electron chi connectivity index (χ1n) is 8.58. The molecule has 0 bridgehead atoms. The van der Waals surface area contributed by atoms with Gasteiger partial charge in [0.2, 0.25) is 5.78 Å². The van der Waals surface area contributed by atoms with Crippen molar-refractivity contribution in [1.29, 1.82) is 0 Å². The molecule has 2 rings (SSSR count). The van der Waals surface area contributed by atoms with Crippen LogP contribution in [0.15, 0.2) is 42.5 Å². The van der Waals surface area contributed by atoms with Crippen molar-refractivity contribution in [2.75, 3.05) is 14.2 Å². The summed E-state index contributed by atoms with van der Waals surface area (Å²) in [5.41, 5.74) is 3.31. The van der Waals surface area contributed by atoms with Gasteiger partial charge in [0.15, 0.2) is 6.10 Å². The second-order valence-electron chi connectivity index (χ2n) is 6.18. The summed E-state index contributed by atoms with van der Waals surface area (Å²) >= 11 is 0. The van der Waals surface area contributed by atoms with Gasteiger partial charge in [0, 0.05) is 17.2 Å². The fourth-order valence-corrected chi connectivity index (χ4v) is 2.52. The minimum atomic E-state index is -0.878. The zero-order chi connectivity index (χ0) is 20.0. The molecule has 0 aliphatic heterocycles. The van der Waals surface area contributed by atoms with Crippen LogP contribution in [-0.4, -0.2) is 32.1 Å². The molecule has 0 fully saturated rings. The third-order valence-corrected chi connectivity index (χ3v) is 4.29. The Balaban J connectivity index is 2.07. The molecule has 0 saturated carbocycles. The molecule has 0 saturated heterocycles. The molecule has 2 aromatic rings. The van der Waals surface area contributed by atoms with Gasteiger partial charge in [-0.25, -0.2) is 4.79 Å². The first-order valence-corrected chi connectivity index (χ1v) is 8.58. The van der Waals surface area contributed by atoms with Gasteiger partial charge in [0.05, 0.1) is 14.2 Å². The predicted octanol–water partition coefficient (Wildman–Crippen LogP) is 4.15. The van der Waals surface area contributed by atoms with Gasteiger partial charge in [-0.2, -0.15) is 0 Å². The van der Waals surface area contributed by atoms with E-state index in [4.69, 9.17) is 14.2 Å². The minimum absolute atomic E-state index is 0.237. The third kappa shape index (κ3) is 5.20. The lowest BCUT2D eigenvalue weighted by Crippen LogP contribution is -2.23. The monoisotopic (exact) mass is 368 g/mol. The van der Waals surface area contributed by atoms with Gasteiger partial charge in [-0.15, -0.1) is 0 Å². The lowest BCUT2D eigenvalue weighted by Gasteiger charge is -2.12. The highest BCUT2D eigenvalue weighted by Gasteiger charge is 2.19. The highest BCUT2D eigenvalue weighted by atomic mass is 16.5. The second kappa shape index (κ2) is 9.03. The quantitative estimate of drug-likeness (QED) is 0.417. The molecular weight excluding hydrogens is 344 g/mol. The lowest BCUT2D eigenvalue weighted by atomic mass is 10.0. The van der Waals surface area contributed by atoms with Crippen LogP contribution in [0.4, 0.5) is 0 Å². The summed E-state index contributed by atoms with van der Waals surface area (Å²) in [7, 11) is 3.10. The Morgan fingerprint density at radius 3 is 2.33 bits per heavy atom. The number of ketones is 1. The van der Waals surface area contributed by atoms with Gasteiger partial charge in [-0.05, 0) is 62.2 Å². The number of carbonyl (C=O) groups excluding carboxylic acids is 2. The topological polar surface area (TPSA) is 61.8 Å². The number of Topliss-reactive ketones (excluding diaryl/α,β-unsaturated/α-hetero) is 1. The number of aryl methyl sites for hydroxylation is 2. The fourth-order valence-electron chi connectivity index (χ4n) is 2.52. The first-order chi connectivity index (χ1) is 12.8. The molecule has 5 heteroatoms. The molecular formula is C22H24O5. The van der Waals surface area contributed by atoms with Crippen molar-refractivity contribution in [2.45, 2.75) is 26.9 Å². The van der Waals surface area contributed by atoms with Crippen LogP contribution in [0.5, 0.6) is 11.5 Å². The smallest absolute Gasteiger partial charge is 0.331 e. The Morgan fingerprint density at radius 2 is 1.70 bits per heavy atom. The molecule has 0 amide bonds. The van der Waals surface area contributed by atoms with E-state index in [9.17, 15) is 9.59 Å². The molecule has 2 aromatic carbocycles. The molecule has 1 atom stereocenters. The molecule has 0 N–H and O–H groups in total. The third-order valence-electron chi connectivity index (χ3n) is 4.29. The molecule has 0 unspecified atom stereocenters. The molecule has 0 radical (unpaired) electrons. The number of ether oxygens (including phenoxy) is 3. The summed E-state index contributed by atoms with van der Waals surface area (Å²) in [5, 5.41) is 0. The van der Waals surface area contributed by atoms with Gasteiger partial charge >= 0.3 is 5.97 Å². The van der Waals surface area contributed by atoms with Crippen LogP contribution in [0.25, 0.3) is 6.08 Å². The second-order valence-corrected chi connectivity index (χ2v) is 6.18. The van der Waals surface area contributed by atoms with Crippen molar-refractivity contribution in [2.24, 2.45) is 0 Å². The standard InChI is InChI=1S/C22H24O5/c1-14-6-7-18(12-15(14)2)22(24)16(3)27-21(23)11-8-17-13-19(25-4)9-10-20(17)26-5/h6-13,16H,1-5H3/b11-8+/t16-/m0/s1. The summed E-state index contributed by atoms with van der Waals surface area (Å²) < 4.78 is 15.7. The van der Waals surface area contributed by atoms with Crippen LogP contribution < -0.4 is 9.47 Å². The fraction of sp³-hybridized carbons (Fsp3) is 0.273. The molecule has 27 heavy (non-hydrogen) atoms. The van der Waals surface area contributed by atoms with Crippen molar-refractivity contribution in [3.05, 3.63) is 64.7 Å². The van der Waals surface area contributed by atoms with E-state index < -0.39 is 12.1 Å². The van der Waals surface area contributed by atoms with E-state index in [0.29, 0.717) is 22.6 Å². The average Bonchev–Trinajstić information content (AvgIpc) is 2.67. The Kier molecular flexibility index (Phi) is 6.77. The summed E-state index contributed by atoms with van der Waals surface area (Å²) in [6, 6.07) is 10.7. The summed E-state index contributed by atoms with van der Waals surface area (Å²) in [4.78, 5) is 24.6. The molecule has 0 aliphatic rings. The Labute approximate surface area is 159 Å². The largest absolute Gasteiger partial charge is 0.497 e. The van der Waals surface area contributed by atoms with E-state index in [1.165, 1.54) is 6.08 Å². The summed E-state index contributed by atoms with van der Waals surface area (Å²) in [6.07, 6.45) is 1.95. The van der Waals surface area contributed by atoms with Crippen LogP contribution in [0.3, 0.4) is 0 Å². The van der Waals surface area contributed by atoms with Crippen LogP contribution in [0, 0.1) is 13.8 Å². The number of carbonyl (C=O) groups is 2. The summed E-state index contributed by atoms with van der Waals surface area (Å²) in [5.74, 6) is 0.393. The van der Waals surface area contributed by atoms with Crippen molar-refractivity contribution in [3.8, 4) is 11.5 Å². The van der Waals surface area contributed by atoms with Crippen molar-refractivity contribution in [3.63, 3.8) is 0 Å². The number of esters is 1. The zero-order valence-corrected chi connectivity index (χ0v) is 16.2. The van der Waals surface area contributed by atoms with Gasteiger partial charge in [0.1, 0.15) is 11.5 Å². The van der Waals surface area contributed by atoms with Crippen LogP contribution in [0.2, 0.25) is 0 Å². The van der Waals surface area contributed by atoms with Gasteiger partial charge in [0.25, 0.3) is 0 Å². The van der Waals surface area contributed by atoms with Crippen LogP contribution in [-0.2, 0) is 9.53 Å². The van der Waals surface area contributed by atoms with E-state index in [2.05, 4.69) is 0 Å². The van der Waals surface area contributed by atoms with Crippen LogP contribution in [0.1, 0.15) is 34.0 Å². The number of hydrogen-bond donors (Lipinski definition) is 0. The first kappa shape index (κ1) is 20.2. The Bertz CT molecular complexity index is 867. The Hall–Kier alpha value is -3.08. The SMILES string of the molecule is COc1ccc(OC)c(/C=C/C(=O)O[C@@H](C)C(=O)c2ccc(C)c(C)c2)c1. The number of benzene rings is 2. The lowest BCUT2D eigenvalue weighted by molar-refractivity contribution is -0.140. The highest BCUT2D eigenvalue weighted by molar-refractivity contribution is 6.01. The molecule has 0 spiro atoms. The van der Waals surface area contributed by atoms with E-state index in [1.54, 1.807) is 57.6 Å². The van der Waals surface area contributed by atoms with E-state index in [-0.39, 0.29) is 5.78 Å². The van der Waals surface area contributed by atoms with Gasteiger partial charge in [-0.3, -0.25) is 4.79 Å². The van der Waals surface area contributed by atoms with E-state index in [1.807, 2.05) is 19.9 Å². The molecule has 0 aromatic heterocycles. The highest BCUT2D eigenvalue weighted by Crippen LogP contribution is 2.25. The van der Waals surface area contributed by atoms with Crippen LogP contribution >= 0.6 is 0 Å². The van der Waals surface area contributed by atoms with Gasteiger partial charge in [-0.1, -0.05) is 12.1 Å². The number of rotatable bonds is 7. The van der Waals surface area contributed by atoms with E-state index in [0.717, 1.165) is 11.1 Å². The van der Waals surface area contributed by atoms with Crippen molar-refractivity contribution >= 4 is 17.8 Å². The molecule has 0 heterocycles. The number of hydrogen-bond acceptors (Lipinski definition) is 5. The maximum Gasteiger partial charge on any atom is 0.331 e. The maximum atomic E-state index is 12.5. The normalized spacial score (nSPS) is 11.9. The maximum absolute atomic E-state index is 12.5. The number of methoxy groups -OCH3 is 2. The molecule has 142 valence electrons. The van der Waals surface area contributed by atoms with Crippen molar-refractivity contribution in [1.82, 2.24) is 0 Å². The zero-order valence-electron chi connectivity index (χ0n) is 16.2. The minimum Gasteiger partial charge on any atom is -0.497 e. The summed E-state index contributed by atoms with van der Waals surface area (Å²) in [6.45, 7) is 5.48. The molecule has 0 aliphatic carbocycles. The molecule has 5 nitrogen and oxygen atoms in total. The Morgan fingerprint density at radius 1 is 0.963 bits per heavy atom. The predicted molar refractivity (Wildman–Crippen MR) is 104 cm³/mol. The van der Waals surface area contributed by atoms with Crippen molar-refractivity contribution < 1.29 is 23.8 Å². The average molecular weight is 368 g/mol. The van der Waals surface area contributed by atoms with E-state index >= 15 is 0 Å².